The summed E-state index contributed by atoms with van der Waals surface area (Å²) in [5, 5.41) is 12.4. The molecule has 1 aliphatic carbocycles. The van der Waals surface area contributed by atoms with Crippen LogP contribution in [0.3, 0.4) is 0 Å². The van der Waals surface area contributed by atoms with E-state index in [0.29, 0.717) is 29.4 Å². The molecule has 1 aliphatic rings. The molecule has 1 aromatic heterocycles. The third-order valence-electron chi connectivity index (χ3n) is 3.36. The summed E-state index contributed by atoms with van der Waals surface area (Å²) in [6, 6.07) is 3.52. The van der Waals surface area contributed by atoms with Gasteiger partial charge in [-0.15, -0.1) is 0 Å². The lowest BCUT2D eigenvalue weighted by Crippen LogP contribution is -2.22. The Morgan fingerprint density at radius 1 is 1.62 bits per heavy atom. The van der Waals surface area contributed by atoms with Crippen LogP contribution >= 0.6 is 11.6 Å². The van der Waals surface area contributed by atoms with Crippen molar-refractivity contribution in [2.75, 3.05) is 13.1 Å². The molecule has 0 bridgehead atoms. The number of halogens is 2. The number of nitrogens with one attached hydrogen (secondary N) is 1. The summed E-state index contributed by atoms with van der Waals surface area (Å²) in [6.07, 6.45) is 8.47. The number of nitrogens with zero attached hydrogens (tertiary/aromatic N) is 2. The van der Waals surface area contributed by atoms with Crippen LogP contribution in [0.1, 0.15) is 18.4 Å². The molecule has 1 heterocycles. The normalized spacial score (nSPS) is 16.9. The van der Waals surface area contributed by atoms with Gasteiger partial charge in [0.25, 0.3) is 0 Å². The van der Waals surface area contributed by atoms with Gasteiger partial charge < -0.3 is 11.1 Å². The minimum Gasteiger partial charge on any atom is -0.398 e. The monoisotopic (exact) mass is 306 g/mol. The first-order chi connectivity index (χ1) is 10.1. The second-order valence-corrected chi connectivity index (χ2v) is 5.47. The zero-order valence-electron chi connectivity index (χ0n) is 11.4. The molecule has 21 heavy (non-hydrogen) atoms. The first kappa shape index (κ1) is 15.5. The lowest BCUT2D eigenvalue weighted by atomic mass is 10.1. The molecular weight excluding hydrogens is 291 g/mol. The average Bonchev–Trinajstić information content (AvgIpc) is 3.25. The van der Waals surface area contributed by atoms with Gasteiger partial charge in [-0.05, 0) is 18.9 Å². The molecular formula is C15H16ClFN4. The van der Waals surface area contributed by atoms with Crippen molar-refractivity contribution in [2.24, 2.45) is 11.1 Å². The third kappa shape index (κ3) is 4.28. The second kappa shape index (κ2) is 6.70. The Kier molecular flexibility index (Phi) is 4.94. The molecule has 3 N–H and O–H groups in total. The fourth-order valence-electron chi connectivity index (χ4n) is 1.84. The van der Waals surface area contributed by atoms with Crippen LogP contribution in [0.5, 0.6) is 0 Å². The summed E-state index contributed by atoms with van der Waals surface area (Å²) in [5.41, 5.74) is 6.49. The molecule has 4 nitrogen and oxygen atoms in total. The van der Waals surface area contributed by atoms with Crippen molar-refractivity contribution in [3.63, 3.8) is 0 Å². The Hall–Kier alpha value is -1.90. The Balaban J connectivity index is 1.84. The van der Waals surface area contributed by atoms with Crippen molar-refractivity contribution in [3.05, 3.63) is 47.0 Å². The summed E-state index contributed by atoms with van der Waals surface area (Å²) in [7, 11) is 0. The van der Waals surface area contributed by atoms with E-state index < -0.39 is 5.95 Å². The fourth-order valence-corrected chi connectivity index (χ4v) is 2.05. The van der Waals surface area contributed by atoms with Crippen molar-refractivity contribution in [1.82, 2.24) is 10.3 Å². The molecule has 0 aromatic carbocycles. The summed E-state index contributed by atoms with van der Waals surface area (Å²) in [6.45, 7) is 1.35. The predicted molar refractivity (Wildman–Crippen MR) is 80.7 cm³/mol. The molecule has 1 aromatic rings. The minimum atomic E-state index is -0.623. The quantitative estimate of drug-likeness (QED) is 0.481. The molecule has 1 saturated carbocycles. The first-order valence-electron chi connectivity index (χ1n) is 6.62. The molecule has 0 unspecified atom stereocenters. The van der Waals surface area contributed by atoms with Crippen LogP contribution in [-0.4, -0.2) is 18.1 Å². The number of rotatable bonds is 6. The van der Waals surface area contributed by atoms with Crippen LogP contribution in [0.4, 0.5) is 4.39 Å². The van der Waals surface area contributed by atoms with Gasteiger partial charge in [-0.1, -0.05) is 23.8 Å². The maximum atomic E-state index is 13.0. The van der Waals surface area contributed by atoms with Gasteiger partial charge in [0.1, 0.15) is 0 Å². The van der Waals surface area contributed by atoms with E-state index in [9.17, 15) is 4.39 Å². The van der Waals surface area contributed by atoms with Gasteiger partial charge >= 0.3 is 0 Å². The lowest BCUT2D eigenvalue weighted by molar-refractivity contribution is 0.583. The molecule has 110 valence electrons. The van der Waals surface area contributed by atoms with Crippen LogP contribution in [0, 0.1) is 22.7 Å². The highest BCUT2D eigenvalue weighted by Crippen LogP contribution is 2.43. The second-order valence-electron chi connectivity index (χ2n) is 5.06. The zero-order valence-corrected chi connectivity index (χ0v) is 12.2. The highest BCUT2D eigenvalue weighted by molar-refractivity contribution is 6.32. The van der Waals surface area contributed by atoms with Crippen molar-refractivity contribution in [3.8, 4) is 6.07 Å². The van der Waals surface area contributed by atoms with E-state index >= 15 is 0 Å². The Bertz CT molecular complexity index is 615. The van der Waals surface area contributed by atoms with E-state index in [-0.39, 0.29) is 5.41 Å². The number of hydrogen-bond acceptors (Lipinski definition) is 4. The molecule has 1 fully saturated rings. The number of pyridine rings is 1. The van der Waals surface area contributed by atoms with E-state index in [1.54, 1.807) is 12.2 Å². The van der Waals surface area contributed by atoms with Crippen molar-refractivity contribution >= 4 is 17.3 Å². The van der Waals surface area contributed by atoms with E-state index in [2.05, 4.69) is 16.4 Å². The summed E-state index contributed by atoms with van der Waals surface area (Å²) >= 11 is 5.91. The van der Waals surface area contributed by atoms with Gasteiger partial charge in [0.05, 0.1) is 16.5 Å². The molecule has 0 amide bonds. The summed E-state index contributed by atoms with van der Waals surface area (Å²) < 4.78 is 13.0. The van der Waals surface area contributed by atoms with Gasteiger partial charge in [0.15, 0.2) is 0 Å². The van der Waals surface area contributed by atoms with E-state index in [1.807, 2.05) is 6.08 Å². The van der Waals surface area contributed by atoms with Crippen LogP contribution in [0.15, 0.2) is 30.5 Å². The highest BCUT2D eigenvalue weighted by Gasteiger charge is 2.42. The number of nitrogens with two attached hydrogens (primary N) is 1. The first-order valence-corrected chi connectivity index (χ1v) is 7.00. The van der Waals surface area contributed by atoms with Crippen LogP contribution in [0.25, 0.3) is 5.70 Å². The maximum Gasteiger partial charge on any atom is 0.213 e. The molecule has 2 rings (SSSR count). The Morgan fingerprint density at radius 3 is 3.05 bits per heavy atom. The minimum absolute atomic E-state index is 0.148. The largest absolute Gasteiger partial charge is 0.398 e. The van der Waals surface area contributed by atoms with Crippen LogP contribution in [0.2, 0.25) is 5.02 Å². The fraction of sp³-hybridized carbons (Fsp3) is 0.333. The maximum absolute atomic E-state index is 13.0. The van der Waals surface area contributed by atoms with Crippen molar-refractivity contribution in [1.29, 1.82) is 5.26 Å². The standard InChI is InChI=1S/C15H16ClFN4/c16-12-8-21-14(17)7-11(12)13(19)3-1-2-6-20-10-15(9-18)4-5-15/h1-3,7-8,20H,4-6,10,19H2/b2-1-,13-3-. The zero-order chi connectivity index (χ0) is 15.3. The lowest BCUT2D eigenvalue weighted by Gasteiger charge is -2.05. The Morgan fingerprint density at radius 2 is 2.38 bits per heavy atom. The molecule has 6 heteroatoms. The number of hydrogen-bond donors (Lipinski definition) is 2. The van der Waals surface area contributed by atoms with Gasteiger partial charge in [-0.2, -0.15) is 9.65 Å². The SMILES string of the molecule is N#CC1(CNC/C=C\C=C(/N)c2cc(F)ncc2Cl)CC1. The Labute approximate surface area is 128 Å². The predicted octanol–water partition coefficient (Wildman–Crippen LogP) is 2.62. The van der Waals surface area contributed by atoms with E-state index in [4.69, 9.17) is 22.6 Å². The third-order valence-corrected chi connectivity index (χ3v) is 3.66. The van der Waals surface area contributed by atoms with Crippen molar-refractivity contribution in [2.45, 2.75) is 12.8 Å². The van der Waals surface area contributed by atoms with Gasteiger partial charge in [0.2, 0.25) is 5.95 Å². The molecule has 0 radical (unpaired) electrons. The molecule has 0 aliphatic heterocycles. The van der Waals surface area contributed by atoms with E-state index in [1.165, 1.54) is 12.3 Å². The topological polar surface area (TPSA) is 74.7 Å². The average molecular weight is 307 g/mol. The highest BCUT2D eigenvalue weighted by atomic mass is 35.5. The van der Waals surface area contributed by atoms with E-state index in [0.717, 1.165) is 12.8 Å². The molecule has 0 saturated heterocycles. The van der Waals surface area contributed by atoms with Crippen LogP contribution in [-0.2, 0) is 0 Å². The number of nitriles is 1. The summed E-state index contributed by atoms with van der Waals surface area (Å²) in [5.74, 6) is -0.623. The summed E-state index contributed by atoms with van der Waals surface area (Å²) in [4.78, 5) is 3.44. The smallest absolute Gasteiger partial charge is 0.213 e. The van der Waals surface area contributed by atoms with Crippen molar-refractivity contribution < 1.29 is 4.39 Å². The van der Waals surface area contributed by atoms with Crippen LogP contribution < -0.4 is 11.1 Å². The van der Waals surface area contributed by atoms with Gasteiger partial charge in [-0.3, -0.25) is 0 Å². The molecule has 0 spiro atoms. The number of allylic oxidation sites excluding steroid dienone is 2. The van der Waals surface area contributed by atoms with Gasteiger partial charge in [0, 0.05) is 36.6 Å². The van der Waals surface area contributed by atoms with Gasteiger partial charge in [-0.25, -0.2) is 4.98 Å². The molecule has 0 atom stereocenters. The number of aromatic nitrogens is 1.